The van der Waals surface area contributed by atoms with E-state index < -0.39 is 5.41 Å². The van der Waals surface area contributed by atoms with Crippen molar-refractivity contribution < 1.29 is 76.3 Å². The minimum atomic E-state index is -0.894. The lowest BCUT2D eigenvalue weighted by molar-refractivity contribution is -0.123. The summed E-state index contributed by atoms with van der Waals surface area (Å²) in [4.78, 5) is 115. The number of carbonyl (C=O) groups is 8. The molecule has 3 N–H and O–H groups in total. The van der Waals surface area contributed by atoms with Gasteiger partial charge < -0.3 is 73.4 Å². The molecule has 4 aliphatic rings. The monoisotopic (exact) mass is 1740 g/mol. The van der Waals surface area contributed by atoms with Gasteiger partial charge in [-0.25, -0.2) is 0 Å². The van der Waals surface area contributed by atoms with Gasteiger partial charge in [0.25, 0.3) is 0 Å². The molecular weight excluding hydrogens is 1630 g/mol. The summed E-state index contributed by atoms with van der Waals surface area (Å²) in [6, 6.07) is 62.1. The minimum Gasteiger partial charge on any atom is -0.379 e. The number of amides is 7. The van der Waals surface area contributed by atoms with E-state index in [2.05, 4.69) is 63.3 Å². The van der Waals surface area contributed by atoms with Crippen LogP contribution in [0.15, 0.2) is 194 Å². The first kappa shape index (κ1) is 95.7. The highest BCUT2D eigenvalue weighted by atomic mass is 16.6. The van der Waals surface area contributed by atoms with Gasteiger partial charge in [-0.3, -0.25) is 38.4 Å². The molecular formula is C106H117N7O16. The van der Waals surface area contributed by atoms with E-state index in [1.807, 2.05) is 199 Å². The predicted molar refractivity (Wildman–Crippen MR) is 496 cm³/mol. The van der Waals surface area contributed by atoms with E-state index in [0.717, 1.165) is 89.5 Å². The number of hydrogen-bond donors (Lipinski definition) is 3. The van der Waals surface area contributed by atoms with E-state index >= 15 is 0 Å². The minimum absolute atomic E-state index is 0.0140. The number of hydrogen-bond acceptors (Lipinski definition) is 16. The average Bonchev–Trinajstić information content (AvgIpc) is 0.818. The third-order valence-corrected chi connectivity index (χ3v) is 22.5. The van der Waals surface area contributed by atoms with Crippen molar-refractivity contribution in [2.24, 2.45) is 5.41 Å². The molecule has 0 radical (unpaired) electrons. The fourth-order valence-electron chi connectivity index (χ4n) is 15.5. The summed E-state index contributed by atoms with van der Waals surface area (Å²) in [5.74, 6) is 25.6. The molecule has 8 aromatic carbocycles. The Labute approximate surface area is 758 Å². The van der Waals surface area contributed by atoms with Gasteiger partial charge in [-0.05, 0) is 153 Å². The maximum absolute atomic E-state index is 13.8. The molecule has 23 nitrogen and oxygen atoms in total. The first-order valence-electron chi connectivity index (χ1n) is 45.2. The molecule has 0 fully saturated rings. The first-order valence-corrected chi connectivity index (χ1v) is 45.2. The van der Waals surface area contributed by atoms with Crippen molar-refractivity contribution in [3.05, 3.63) is 261 Å². The van der Waals surface area contributed by atoms with Crippen LogP contribution in [-0.4, -0.2) is 172 Å². The lowest BCUT2D eigenvalue weighted by Crippen LogP contribution is -2.43. The Bertz CT molecular complexity index is 4710. The summed E-state index contributed by atoms with van der Waals surface area (Å²) in [5, 5.41) is 8.80. The second kappa shape index (κ2) is 52.8. The molecule has 8 aromatic rings. The van der Waals surface area contributed by atoms with E-state index in [0.29, 0.717) is 110 Å². The summed E-state index contributed by atoms with van der Waals surface area (Å²) in [5.41, 5.74) is 12.8. The first-order chi connectivity index (χ1) is 63.3. The van der Waals surface area contributed by atoms with Crippen LogP contribution < -0.4 is 35.6 Å². The maximum atomic E-state index is 13.8. The fourth-order valence-corrected chi connectivity index (χ4v) is 15.5. The van der Waals surface area contributed by atoms with Crippen LogP contribution in [0.2, 0.25) is 0 Å². The van der Waals surface area contributed by atoms with Crippen molar-refractivity contribution in [1.29, 1.82) is 0 Å². The van der Waals surface area contributed by atoms with Crippen molar-refractivity contribution in [3.63, 3.8) is 0 Å². The SMILES string of the molecule is O=C(CCCCC(=O)N1Cc2ccccc2C#Cc2ccccc21)CCCOCCOCC(COCCOCCNC(=O)CCCCC(=O)N1Cc2ccccc2C#Cc2ccccc21)(COCCOCCNC(=O)CCCCC(=O)N1Cc2ccccc2C#Cc2ccccc21)COCCOCCNC(=O)CCCCC(=O)N1Cc2ccccc2C#Cc2ccccc21. The highest BCUT2D eigenvalue weighted by Gasteiger charge is 2.34. The number of ether oxygens (including phenoxy) is 8. The topological polar surface area (TPSA) is 259 Å². The number of unbranched alkanes of at least 4 members (excludes halogenated alkanes) is 4. The van der Waals surface area contributed by atoms with E-state index in [9.17, 15) is 38.4 Å². The van der Waals surface area contributed by atoms with Crippen molar-refractivity contribution in [3.8, 4) is 47.4 Å². The Balaban J connectivity index is 0.591. The molecule has 4 aliphatic heterocycles. The largest absolute Gasteiger partial charge is 0.379 e. The van der Waals surface area contributed by atoms with Crippen LogP contribution >= 0.6 is 0 Å². The Kier molecular flexibility index (Phi) is 39.2. The highest BCUT2D eigenvalue weighted by Crippen LogP contribution is 2.33. The van der Waals surface area contributed by atoms with Gasteiger partial charge >= 0.3 is 0 Å². The van der Waals surface area contributed by atoms with Gasteiger partial charge in [0.2, 0.25) is 41.4 Å². The average molecular weight is 1750 g/mol. The second-order valence-electron chi connectivity index (χ2n) is 32.3. The zero-order valence-corrected chi connectivity index (χ0v) is 73.8. The molecule has 7 amide bonds. The molecule has 0 atom stereocenters. The molecule has 0 saturated heterocycles. The van der Waals surface area contributed by atoms with Gasteiger partial charge in [0.1, 0.15) is 5.78 Å². The van der Waals surface area contributed by atoms with Gasteiger partial charge in [-0.2, -0.15) is 0 Å². The summed E-state index contributed by atoms with van der Waals surface area (Å²) in [6.45, 7) is 5.53. The van der Waals surface area contributed by atoms with Crippen molar-refractivity contribution >= 4 is 69.9 Å². The maximum Gasteiger partial charge on any atom is 0.227 e. The Hall–Kier alpha value is -12.4. The van der Waals surface area contributed by atoms with E-state index in [-0.39, 0.29) is 204 Å². The quantitative estimate of drug-likeness (QED) is 0.0236. The van der Waals surface area contributed by atoms with Crippen LogP contribution in [0.3, 0.4) is 0 Å². The lowest BCUT2D eigenvalue weighted by Gasteiger charge is -2.33. The molecule has 0 aromatic heterocycles. The molecule has 12 rings (SSSR count). The molecule has 23 heteroatoms. The van der Waals surface area contributed by atoms with Gasteiger partial charge in [0, 0.05) is 129 Å². The molecule has 129 heavy (non-hydrogen) atoms. The smallest absolute Gasteiger partial charge is 0.227 e. The van der Waals surface area contributed by atoms with Crippen LogP contribution in [-0.2, 0) is 102 Å². The van der Waals surface area contributed by atoms with Gasteiger partial charge in [-0.1, -0.05) is 169 Å². The lowest BCUT2D eigenvalue weighted by atomic mass is 9.92. The zero-order chi connectivity index (χ0) is 89.7. The number of nitrogens with zero attached hydrogens (tertiary/aromatic N) is 4. The Morgan fingerprint density at radius 2 is 0.457 bits per heavy atom. The third-order valence-electron chi connectivity index (χ3n) is 22.5. The van der Waals surface area contributed by atoms with Crippen molar-refractivity contribution in [1.82, 2.24) is 16.0 Å². The number of ketones is 1. The van der Waals surface area contributed by atoms with E-state index in [4.69, 9.17) is 37.9 Å². The number of benzene rings is 8. The van der Waals surface area contributed by atoms with Crippen LogP contribution in [0.4, 0.5) is 22.7 Å². The number of para-hydroxylation sites is 4. The normalized spacial score (nSPS) is 12.6. The molecule has 672 valence electrons. The molecule has 4 heterocycles. The van der Waals surface area contributed by atoms with Crippen molar-refractivity contribution in [2.75, 3.05) is 145 Å². The Morgan fingerprint density at radius 1 is 0.240 bits per heavy atom. The van der Waals surface area contributed by atoms with Gasteiger partial charge in [0.15, 0.2) is 0 Å². The predicted octanol–water partition coefficient (Wildman–Crippen LogP) is 13.8. The number of anilines is 4. The highest BCUT2D eigenvalue weighted by molar-refractivity contribution is 5.98. The summed E-state index contributed by atoms with van der Waals surface area (Å²) >= 11 is 0. The Morgan fingerprint density at radius 3 is 0.744 bits per heavy atom. The van der Waals surface area contributed by atoms with Crippen molar-refractivity contribution in [2.45, 2.75) is 142 Å². The number of carbonyl (C=O) groups excluding carboxylic acids is 8. The van der Waals surface area contributed by atoms with Crippen LogP contribution in [0, 0.1) is 52.8 Å². The summed E-state index contributed by atoms with van der Waals surface area (Å²) in [7, 11) is 0. The standard InChI is InChI=1S/C106H117N7O16/c114-94(38-13-21-47-102(118)110-74-90-34-5-1-26-82(90)51-55-86-30-9-14-40-95(86)110)39-25-62-122-66-70-126-78-106(79-127-71-67-123-63-59-107-99(115)44-18-22-48-103(119)111-75-91-35-6-2-27-83(91)52-56-87-31-10-15-41-96(87)111,80-128-72-68-124-64-60-108-100(116)45-19-23-49-104(120)112-76-92-36-7-3-28-84(92)53-57-88-32-11-16-42-97(88)112)81-129-73-69-125-65-61-109-101(117)46-20-24-50-105(121)113-77-93-37-8-4-29-85(93)54-58-89-33-12-17-43-98(89)113/h1-12,14-17,26-37,40-43H,13,18-25,38-39,44-50,59-81H2,(H,107,115)(H,108,116)(H,109,117). The zero-order valence-electron chi connectivity index (χ0n) is 73.8. The molecule has 0 spiro atoms. The van der Waals surface area contributed by atoms with Crippen LogP contribution in [0.5, 0.6) is 0 Å². The van der Waals surface area contributed by atoms with Gasteiger partial charge in [0.05, 0.1) is 153 Å². The summed E-state index contributed by atoms with van der Waals surface area (Å²) in [6.07, 6.45) is 7.45. The number of Topliss-reactive ketones (excluding diaryl/α,β-unsaturated/α-hetero) is 1. The molecule has 0 saturated carbocycles. The number of fused-ring (bicyclic) bond motifs is 8. The van der Waals surface area contributed by atoms with E-state index in [1.54, 1.807) is 14.7 Å². The third kappa shape index (κ3) is 31.0. The molecule has 0 bridgehead atoms. The molecule has 0 unspecified atom stereocenters. The number of nitrogens with one attached hydrogen (secondary N) is 3. The summed E-state index contributed by atoms with van der Waals surface area (Å²) < 4.78 is 49.3. The fraction of sp³-hybridized carbons (Fsp3) is 0.396. The number of rotatable bonds is 53. The second-order valence-corrected chi connectivity index (χ2v) is 32.3. The molecule has 0 aliphatic carbocycles. The van der Waals surface area contributed by atoms with Crippen LogP contribution in [0.25, 0.3) is 0 Å². The van der Waals surface area contributed by atoms with Gasteiger partial charge in [-0.15, -0.1) is 0 Å². The van der Waals surface area contributed by atoms with Crippen LogP contribution in [0.1, 0.15) is 182 Å². The van der Waals surface area contributed by atoms with E-state index in [1.165, 1.54) is 0 Å².